The number of carbonyl (C=O) groups is 1. The Bertz CT molecular complexity index is 1350. The SMILES string of the molecule is Cc1cccc(C)c1-c1cc(OCC(N)C2CCCO2)nc(NS(=O)(=O)c2cccc(C(=O)O)c2)n1. The highest BCUT2D eigenvalue weighted by molar-refractivity contribution is 7.92. The molecule has 2 atom stereocenters. The van der Waals surface area contributed by atoms with E-state index in [0.29, 0.717) is 12.3 Å². The molecule has 2 unspecified atom stereocenters. The van der Waals surface area contributed by atoms with E-state index in [9.17, 15) is 18.3 Å². The molecule has 1 saturated heterocycles. The minimum Gasteiger partial charge on any atom is -0.478 e. The number of hydrogen-bond donors (Lipinski definition) is 3. The lowest BCUT2D eigenvalue weighted by molar-refractivity contribution is 0.0696. The first-order valence-corrected chi connectivity index (χ1v) is 12.9. The minimum absolute atomic E-state index is 0.107. The quantitative estimate of drug-likeness (QED) is 0.392. The molecular formula is C25H28N4O6S. The van der Waals surface area contributed by atoms with Crippen LogP contribution in [-0.4, -0.2) is 54.8 Å². The normalized spacial score (nSPS) is 16.5. The van der Waals surface area contributed by atoms with E-state index < -0.39 is 16.0 Å². The van der Waals surface area contributed by atoms with Gasteiger partial charge in [0, 0.05) is 18.2 Å². The first-order chi connectivity index (χ1) is 17.1. The molecule has 4 rings (SSSR count). The Morgan fingerprint density at radius 3 is 2.58 bits per heavy atom. The zero-order valence-corrected chi connectivity index (χ0v) is 20.8. The number of ether oxygens (including phenoxy) is 2. The summed E-state index contributed by atoms with van der Waals surface area (Å²) in [6.07, 6.45) is 1.68. The van der Waals surface area contributed by atoms with Crippen molar-refractivity contribution in [1.29, 1.82) is 0 Å². The van der Waals surface area contributed by atoms with Gasteiger partial charge in [-0.15, -0.1) is 0 Å². The molecule has 190 valence electrons. The van der Waals surface area contributed by atoms with Crippen LogP contribution >= 0.6 is 0 Å². The summed E-state index contributed by atoms with van der Waals surface area (Å²) in [5, 5.41) is 9.22. The molecule has 1 aromatic heterocycles. The summed E-state index contributed by atoms with van der Waals surface area (Å²) in [5.74, 6) is -1.30. The second-order valence-electron chi connectivity index (χ2n) is 8.65. The maximum Gasteiger partial charge on any atom is 0.335 e. The van der Waals surface area contributed by atoms with E-state index in [1.165, 1.54) is 18.2 Å². The number of carboxylic acids is 1. The van der Waals surface area contributed by atoms with Crippen molar-refractivity contribution in [1.82, 2.24) is 9.97 Å². The van der Waals surface area contributed by atoms with E-state index in [1.807, 2.05) is 32.0 Å². The molecule has 11 heteroatoms. The number of rotatable bonds is 9. The second-order valence-corrected chi connectivity index (χ2v) is 10.3. The summed E-state index contributed by atoms with van der Waals surface area (Å²) < 4.78 is 39.9. The lowest BCUT2D eigenvalue weighted by Gasteiger charge is -2.19. The highest BCUT2D eigenvalue weighted by atomic mass is 32.2. The lowest BCUT2D eigenvalue weighted by Crippen LogP contribution is -2.39. The maximum absolute atomic E-state index is 13.0. The topological polar surface area (TPSA) is 154 Å². The van der Waals surface area contributed by atoms with Crippen molar-refractivity contribution in [2.24, 2.45) is 5.73 Å². The van der Waals surface area contributed by atoms with Crippen LogP contribution in [0.5, 0.6) is 5.88 Å². The molecule has 10 nitrogen and oxygen atoms in total. The number of sulfonamides is 1. The summed E-state index contributed by atoms with van der Waals surface area (Å²) in [6.45, 7) is 4.65. The number of nitrogens with one attached hydrogen (secondary N) is 1. The monoisotopic (exact) mass is 512 g/mol. The van der Waals surface area contributed by atoms with Crippen LogP contribution < -0.4 is 15.2 Å². The van der Waals surface area contributed by atoms with Gasteiger partial charge in [0.2, 0.25) is 11.8 Å². The van der Waals surface area contributed by atoms with E-state index in [2.05, 4.69) is 14.7 Å². The van der Waals surface area contributed by atoms with Gasteiger partial charge in [0.05, 0.1) is 28.3 Å². The molecule has 0 aliphatic carbocycles. The molecule has 3 aromatic rings. The molecule has 0 amide bonds. The fourth-order valence-corrected chi connectivity index (χ4v) is 5.09. The average molecular weight is 513 g/mol. The van der Waals surface area contributed by atoms with Gasteiger partial charge in [-0.25, -0.2) is 22.9 Å². The number of hydrogen-bond acceptors (Lipinski definition) is 8. The van der Waals surface area contributed by atoms with E-state index in [0.717, 1.165) is 35.6 Å². The van der Waals surface area contributed by atoms with Gasteiger partial charge in [-0.1, -0.05) is 24.3 Å². The Balaban J connectivity index is 1.68. The number of aromatic carboxylic acids is 1. The highest BCUT2D eigenvalue weighted by Crippen LogP contribution is 2.29. The molecule has 2 heterocycles. The predicted octanol–water partition coefficient (Wildman–Crippen LogP) is 3.14. The average Bonchev–Trinajstić information content (AvgIpc) is 3.37. The van der Waals surface area contributed by atoms with Crippen molar-refractivity contribution >= 4 is 21.9 Å². The number of nitrogens with two attached hydrogens (primary N) is 1. The Hall–Kier alpha value is -3.54. The second kappa shape index (κ2) is 10.6. The van der Waals surface area contributed by atoms with E-state index >= 15 is 0 Å². The van der Waals surface area contributed by atoms with Crippen molar-refractivity contribution in [2.75, 3.05) is 17.9 Å². The van der Waals surface area contributed by atoms with Gasteiger partial charge in [-0.05, 0) is 56.0 Å². The Morgan fingerprint density at radius 1 is 1.19 bits per heavy atom. The van der Waals surface area contributed by atoms with Gasteiger partial charge < -0.3 is 20.3 Å². The van der Waals surface area contributed by atoms with Crippen molar-refractivity contribution in [3.05, 3.63) is 65.2 Å². The van der Waals surface area contributed by atoms with Crippen molar-refractivity contribution in [3.8, 4) is 17.1 Å². The van der Waals surface area contributed by atoms with E-state index in [-0.39, 0.29) is 41.0 Å². The van der Waals surface area contributed by atoms with Crippen molar-refractivity contribution in [3.63, 3.8) is 0 Å². The Kier molecular flexibility index (Phi) is 7.53. The van der Waals surface area contributed by atoms with Gasteiger partial charge in [-0.2, -0.15) is 4.98 Å². The molecule has 1 fully saturated rings. The molecule has 0 spiro atoms. The molecule has 0 saturated carbocycles. The Labute approximate surface area is 209 Å². The summed E-state index contributed by atoms with van der Waals surface area (Å²) in [7, 11) is -4.19. The lowest BCUT2D eigenvalue weighted by atomic mass is 10.00. The van der Waals surface area contributed by atoms with Crippen LogP contribution in [0, 0.1) is 13.8 Å². The molecule has 4 N–H and O–H groups in total. The fraction of sp³-hybridized carbons (Fsp3) is 0.320. The number of nitrogens with zero attached hydrogens (tertiary/aromatic N) is 2. The number of carboxylic acid groups (broad SMARTS) is 1. The summed E-state index contributed by atoms with van der Waals surface area (Å²) in [4.78, 5) is 19.8. The largest absolute Gasteiger partial charge is 0.478 e. The molecule has 0 radical (unpaired) electrons. The third-order valence-corrected chi connectivity index (χ3v) is 7.25. The van der Waals surface area contributed by atoms with Gasteiger partial charge in [0.15, 0.2) is 0 Å². The van der Waals surface area contributed by atoms with Crippen LogP contribution in [0.1, 0.15) is 34.3 Å². The smallest absolute Gasteiger partial charge is 0.335 e. The van der Waals surface area contributed by atoms with Crippen LogP contribution in [0.3, 0.4) is 0 Å². The van der Waals surface area contributed by atoms with Gasteiger partial charge in [-0.3, -0.25) is 0 Å². The number of aromatic nitrogens is 2. The molecule has 36 heavy (non-hydrogen) atoms. The van der Waals surface area contributed by atoms with Crippen LogP contribution in [0.4, 0.5) is 5.95 Å². The van der Waals surface area contributed by atoms with Crippen LogP contribution in [0.15, 0.2) is 53.4 Å². The first-order valence-electron chi connectivity index (χ1n) is 11.5. The molecule has 1 aliphatic heterocycles. The fourth-order valence-electron chi connectivity index (χ4n) is 4.10. The molecule has 2 aromatic carbocycles. The Morgan fingerprint density at radius 2 is 1.92 bits per heavy atom. The minimum atomic E-state index is -4.19. The van der Waals surface area contributed by atoms with Gasteiger partial charge >= 0.3 is 5.97 Å². The molecule has 0 bridgehead atoms. The highest BCUT2D eigenvalue weighted by Gasteiger charge is 2.24. The van der Waals surface area contributed by atoms with Gasteiger partial charge in [0.1, 0.15) is 6.61 Å². The van der Waals surface area contributed by atoms with Crippen LogP contribution in [-0.2, 0) is 14.8 Å². The first kappa shape index (κ1) is 25.5. The summed E-state index contributed by atoms with van der Waals surface area (Å²) >= 11 is 0. The predicted molar refractivity (Wildman–Crippen MR) is 134 cm³/mol. The van der Waals surface area contributed by atoms with E-state index in [4.69, 9.17) is 15.2 Å². The van der Waals surface area contributed by atoms with E-state index in [1.54, 1.807) is 6.07 Å². The number of benzene rings is 2. The number of aryl methyl sites for hydroxylation is 2. The summed E-state index contributed by atoms with van der Waals surface area (Å²) in [6, 6.07) is 12.1. The number of anilines is 1. The van der Waals surface area contributed by atoms with Crippen LogP contribution in [0.2, 0.25) is 0 Å². The third-order valence-electron chi connectivity index (χ3n) is 5.92. The van der Waals surface area contributed by atoms with Crippen molar-refractivity contribution < 1.29 is 27.8 Å². The molecular weight excluding hydrogens is 484 g/mol. The third kappa shape index (κ3) is 5.81. The molecule has 1 aliphatic rings. The summed E-state index contributed by atoms with van der Waals surface area (Å²) in [5.41, 5.74) is 9.25. The van der Waals surface area contributed by atoms with Crippen molar-refractivity contribution in [2.45, 2.75) is 43.7 Å². The maximum atomic E-state index is 13.0. The standard InChI is InChI=1S/C25H28N4O6S/c1-15-6-3-7-16(2)23(15)20-13-22(35-14-19(26)21-10-5-11-34-21)28-25(27-20)29-36(32,33)18-9-4-8-17(12-18)24(30)31/h3-4,6-9,12-13,19,21H,5,10-11,14,26H2,1-2H3,(H,30,31)(H,27,28,29). The van der Waals surface area contributed by atoms with Gasteiger partial charge in [0.25, 0.3) is 10.0 Å². The zero-order valence-electron chi connectivity index (χ0n) is 20.0. The zero-order chi connectivity index (χ0) is 25.9. The van der Waals surface area contributed by atoms with Crippen LogP contribution in [0.25, 0.3) is 11.3 Å².